The molecule has 0 radical (unpaired) electrons. The zero-order valence-electron chi connectivity index (χ0n) is 15.5. The van der Waals surface area contributed by atoms with Gasteiger partial charge in [0.05, 0.1) is 5.56 Å². The molecule has 3 aromatic rings. The molecule has 1 heterocycles. The van der Waals surface area contributed by atoms with Crippen LogP contribution in [0.2, 0.25) is 5.02 Å². The first-order chi connectivity index (χ1) is 13.0. The lowest BCUT2D eigenvalue weighted by Crippen LogP contribution is -2.15. The monoisotopic (exact) mass is 382 g/mol. The third-order valence-electron chi connectivity index (χ3n) is 4.85. The minimum Gasteiger partial charge on any atom is -0.478 e. The summed E-state index contributed by atoms with van der Waals surface area (Å²) in [6.45, 7) is 5.68. The largest absolute Gasteiger partial charge is 0.478 e. The van der Waals surface area contributed by atoms with Gasteiger partial charge in [0.15, 0.2) is 0 Å². The fourth-order valence-corrected chi connectivity index (χ4v) is 3.51. The predicted octanol–water partition coefficient (Wildman–Crippen LogP) is 4.79. The van der Waals surface area contributed by atoms with E-state index in [9.17, 15) is 9.90 Å². The third kappa shape index (κ3) is 4.41. The van der Waals surface area contributed by atoms with Crippen LogP contribution in [0, 0.1) is 13.8 Å². The highest BCUT2D eigenvalue weighted by atomic mass is 35.5. The summed E-state index contributed by atoms with van der Waals surface area (Å²) in [6.07, 6.45) is 0. The summed E-state index contributed by atoms with van der Waals surface area (Å²) in [5.74, 6) is -0.884. The fourth-order valence-electron chi connectivity index (χ4n) is 3.39. The number of rotatable bonds is 7. The molecule has 5 heteroatoms. The van der Waals surface area contributed by atoms with Crippen molar-refractivity contribution in [3.05, 3.63) is 93.3 Å². The molecular weight excluding hydrogens is 360 g/mol. The van der Waals surface area contributed by atoms with Crippen molar-refractivity contribution < 1.29 is 9.90 Å². The quantitative estimate of drug-likeness (QED) is 0.617. The molecule has 4 nitrogen and oxygen atoms in total. The Morgan fingerprint density at radius 1 is 0.963 bits per heavy atom. The Kier molecular flexibility index (Phi) is 5.99. The molecule has 2 N–H and O–H groups in total. The van der Waals surface area contributed by atoms with Gasteiger partial charge in [-0.05, 0) is 37.1 Å². The lowest BCUT2D eigenvalue weighted by molar-refractivity contribution is 0.0694. The van der Waals surface area contributed by atoms with Crippen molar-refractivity contribution in [3.8, 4) is 0 Å². The van der Waals surface area contributed by atoms with E-state index in [4.69, 9.17) is 11.6 Å². The molecule has 0 atom stereocenters. The lowest BCUT2D eigenvalue weighted by atomic mass is 10.1. The molecule has 0 fully saturated rings. The second-order valence-corrected chi connectivity index (χ2v) is 7.07. The minimum absolute atomic E-state index is 0.395. The van der Waals surface area contributed by atoms with Crippen LogP contribution in [0.15, 0.2) is 54.6 Å². The van der Waals surface area contributed by atoms with Crippen molar-refractivity contribution in [2.75, 3.05) is 0 Å². The number of carbonyl (C=O) groups is 1. The van der Waals surface area contributed by atoms with E-state index < -0.39 is 5.97 Å². The Labute approximate surface area is 164 Å². The first-order valence-electron chi connectivity index (χ1n) is 8.88. The molecule has 0 unspecified atom stereocenters. The molecule has 27 heavy (non-hydrogen) atoms. The molecule has 0 saturated heterocycles. The van der Waals surface area contributed by atoms with Gasteiger partial charge < -0.3 is 15.0 Å². The van der Waals surface area contributed by atoms with Crippen LogP contribution in [0.3, 0.4) is 0 Å². The molecule has 0 amide bonds. The molecule has 0 bridgehead atoms. The maximum absolute atomic E-state index is 11.9. The van der Waals surface area contributed by atoms with Crippen LogP contribution >= 0.6 is 11.6 Å². The van der Waals surface area contributed by atoms with Gasteiger partial charge in [0.25, 0.3) is 0 Å². The second-order valence-electron chi connectivity index (χ2n) is 6.63. The van der Waals surface area contributed by atoms with Gasteiger partial charge in [-0.3, -0.25) is 0 Å². The first kappa shape index (κ1) is 19.2. The molecular formula is C22H23ClN2O2. The SMILES string of the molecule is Cc1c(CNCc2ccc(Cl)cc2)c(C(=O)O)c(C)n1Cc1ccccc1. The molecule has 0 aliphatic heterocycles. The van der Waals surface area contributed by atoms with Crippen molar-refractivity contribution in [1.82, 2.24) is 9.88 Å². The number of hydrogen-bond acceptors (Lipinski definition) is 2. The number of aromatic carboxylic acids is 1. The van der Waals surface area contributed by atoms with Gasteiger partial charge in [-0.1, -0.05) is 54.1 Å². The molecule has 1 aromatic heterocycles. The summed E-state index contributed by atoms with van der Waals surface area (Å²) in [6, 6.07) is 17.7. The number of benzene rings is 2. The number of carboxylic acids is 1. The van der Waals surface area contributed by atoms with E-state index in [1.807, 2.05) is 56.3 Å². The van der Waals surface area contributed by atoms with Crippen LogP contribution in [0.1, 0.15) is 38.4 Å². The van der Waals surface area contributed by atoms with Crippen LogP contribution in [0.4, 0.5) is 0 Å². The van der Waals surface area contributed by atoms with E-state index in [0.717, 1.165) is 28.1 Å². The van der Waals surface area contributed by atoms with Gasteiger partial charge in [-0.15, -0.1) is 0 Å². The number of carboxylic acid groups (broad SMARTS) is 1. The molecule has 3 rings (SSSR count). The highest BCUT2D eigenvalue weighted by Crippen LogP contribution is 2.24. The standard InChI is InChI=1S/C22H23ClN2O2/c1-15-20(13-24-12-17-8-10-19(23)11-9-17)21(22(26)27)16(2)25(15)14-18-6-4-3-5-7-18/h3-11,24H,12-14H2,1-2H3,(H,26,27). The van der Waals surface area contributed by atoms with Crippen molar-refractivity contribution >= 4 is 17.6 Å². The zero-order valence-corrected chi connectivity index (χ0v) is 16.3. The number of nitrogens with one attached hydrogen (secondary N) is 1. The van der Waals surface area contributed by atoms with Crippen molar-refractivity contribution in [2.24, 2.45) is 0 Å². The number of aromatic nitrogens is 1. The molecule has 140 valence electrons. The summed E-state index contributed by atoms with van der Waals surface area (Å²) in [7, 11) is 0. The van der Waals surface area contributed by atoms with Crippen LogP contribution in [0.25, 0.3) is 0 Å². The Morgan fingerprint density at radius 3 is 2.26 bits per heavy atom. The van der Waals surface area contributed by atoms with E-state index in [0.29, 0.717) is 30.2 Å². The highest BCUT2D eigenvalue weighted by molar-refractivity contribution is 6.30. The summed E-state index contributed by atoms with van der Waals surface area (Å²) in [4.78, 5) is 11.9. The van der Waals surface area contributed by atoms with Gasteiger partial charge in [-0.2, -0.15) is 0 Å². The van der Waals surface area contributed by atoms with Crippen molar-refractivity contribution in [1.29, 1.82) is 0 Å². The summed E-state index contributed by atoms with van der Waals surface area (Å²) in [5.41, 5.74) is 5.26. The molecule has 0 spiro atoms. The summed E-state index contributed by atoms with van der Waals surface area (Å²) >= 11 is 5.92. The average molecular weight is 383 g/mol. The molecule has 0 saturated carbocycles. The summed E-state index contributed by atoms with van der Waals surface area (Å²) < 4.78 is 2.08. The normalized spacial score (nSPS) is 10.9. The Morgan fingerprint density at radius 2 is 1.63 bits per heavy atom. The second kappa shape index (κ2) is 8.42. The van der Waals surface area contributed by atoms with Gasteiger partial charge in [0, 0.05) is 41.6 Å². The van der Waals surface area contributed by atoms with Gasteiger partial charge in [0.2, 0.25) is 0 Å². The van der Waals surface area contributed by atoms with Crippen LogP contribution in [0.5, 0.6) is 0 Å². The maximum atomic E-state index is 11.9. The van der Waals surface area contributed by atoms with Crippen LogP contribution in [-0.2, 0) is 19.6 Å². The van der Waals surface area contributed by atoms with E-state index in [1.165, 1.54) is 0 Å². The van der Waals surface area contributed by atoms with E-state index in [1.54, 1.807) is 0 Å². The number of hydrogen-bond donors (Lipinski definition) is 2. The van der Waals surface area contributed by atoms with E-state index in [-0.39, 0.29) is 0 Å². The number of halogens is 1. The maximum Gasteiger partial charge on any atom is 0.337 e. The lowest BCUT2D eigenvalue weighted by Gasteiger charge is -2.10. The molecule has 0 aliphatic carbocycles. The zero-order chi connectivity index (χ0) is 19.4. The Balaban J connectivity index is 1.82. The predicted molar refractivity (Wildman–Crippen MR) is 108 cm³/mol. The molecule has 2 aromatic carbocycles. The van der Waals surface area contributed by atoms with Crippen LogP contribution < -0.4 is 5.32 Å². The van der Waals surface area contributed by atoms with Crippen molar-refractivity contribution in [2.45, 2.75) is 33.5 Å². The first-order valence-corrected chi connectivity index (χ1v) is 9.26. The van der Waals surface area contributed by atoms with E-state index in [2.05, 4.69) is 22.0 Å². The third-order valence-corrected chi connectivity index (χ3v) is 5.10. The van der Waals surface area contributed by atoms with Crippen molar-refractivity contribution in [3.63, 3.8) is 0 Å². The van der Waals surface area contributed by atoms with Gasteiger partial charge in [-0.25, -0.2) is 4.79 Å². The molecule has 0 aliphatic rings. The summed E-state index contributed by atoms with van der Waals surface area (Å²) in [5, 5.41) is 13.8. The van der Waals surface area contributed by atoms with Crippen LogP contribution in [-0.4, -0.2) is 15.6 Å². The topological polar surface area (TPSA) is 54.3 Å². The highest BCUT2D eigenvalue weighted by Gasteiger charge is 2.22. The fraction of sp³-hybridized carbons (Fsp3) is 0.227. The van der Waals surface area contributed by atoms with Gasteiger partial charge in [0.1, 0.15) is 0 Å². The van der Waals surface area contributed by atoms with E-state index >= 15 is 0 Å². The average Bonchev–Trinajstić information content (AvgIpc) is 2.89. The van der Waals surface area contributed by atoms with Gasteiger partial charge >= 0.3 is 5.97 Å². The number of nitrogens with zero attached hydrogens (tertiary/aromatic N) is 1. The minimum atomic E-state index is -0.884. The Hall–Kier alpha value is -2.56. The Bertz CT molecular complexity index is 931. The smallest absolute Gasteiger partial charge is 0.337 e.